The van der Waals surface area contributed by atoms with Crippen molar-refractivity contribution in [1.82, 2.24) is 5.32 Å². The minimum atomic E-state index is -0.444. The van der Waals surface area contributed by atoms with Gasteiger partial charge in [-0.2, -0.15) is 0 Å². The zero-order valence-corrected chi connectivity index (χ0v) is 15.8. The van der Waals surface area contributed by atoms with Gasteiger partial charge in [0.25, 0.3) is 0 Å². The Labute approximate surface area is 151 Å². The molecule has 3 N–H and O–H groups in total. The molecule has 1 aliphatic carbocycles. The lowest BCUT2D eigenvalue weighted by atomic mass is 9.86. The first kappa shape index (κ1) is 19.3. The van der Waals surface area contributed by atoms with E-state index in [2.05, 4.69) is 22.9 Å². The molecule has 0 heterocycles. The molecular weight excluding hydrogens is 314 g/mol. The van der Waals surface area contributed by atoms with Gasteiger partial charge in [-0.05, 0) is 37.0 Å². The van der Waals surface area contributed by atoms with Gasteiger partial charge in [0, 0.05) is 22.8 Å². The van der Waals surface area contributed by atoms with Crippen molar-refractivity contribution in [3.63, 3.8) is 0 Å². The molecule has 1 aromatic rings. The van der Waals surface area contributed by atoms with Crippen LogP contribution in [0, 0.1) is 11.3 Å². The Morgan fingerprint density at radius 3 is 2.48 bits per heavy atom. The molecule has 0 aromatic heterocycles. The van der Waals surface area contributed by atoms with Gasteiger partial charge in [-0.1, -0.05) is 46.6 Å². The molecule has 1 saturated carbocycles. The third kappa shape index (κ3) is 6.07. The van der Waals surface area contributed by atoms with Gasteiger partial charge >= 0.3 is 0 Å². The van der Waals surface area contributed by atoms with Gasteiger partial charge in [-0.15, -0.1) is 0 Å². The van der Waals surface area contributed by atoms with Gasteiger partial charge in [0.05, 0.1) is 6.54 Å². The smallest absolute Gasteiger partial charge is 0.239 e. The van der Waals surface area contributed by atoms with Crippen molar-refractivity contribution in [2.75, 3.05) is 17.2 Å². The van der Waals surface area contributed by atoms with Gasteiger partial charge in [0.15, 0.2) is 0 Å². The number of benzene rings is 1. The fraction of sp³-hybridized carbons (Fsp3) is 0.600. The highest BCUT2D eigenvalue weighted by molar-refractivity contribution is 5.95. The number of carbonyl (C=O) groups is 2. The summed E-state index contributed by atoms with van der Waals surface area (Å²) >= 11 is 0. The maximum Gasteiger partial charge on any atom is 0.239 e. The summed E-state index contributed by atoms with van der Waals surface area (Å²) in [6, 6.07) is 7.74. The highest BCUT2D eigenvalue weighted by Gasteiger charge is 2.23. The molecule has 0 aliphatic heterocycles. The van der Waals surface area contributed by atoms with E-state index in [0.717, 1.165) is 17.8 Å². The van der Waals surface area contributed by atoms with Crippen LogP contribution in [0.4, 0.5) is 11.4 Å². The van der Waals surface area contributed by atoms with Crippen molar-refractivity contribution in [1.29, 1.82) is 0 Å². The average molecular weight is 345 g/mol. The summed E-state index contributed by atoms with van der Waals surface area (Å²) in [7, 11) is 0. The lowest BCUT2D eigenvalue weighted by Gasteiger charge is -2.29. The molecule has 25 heavy (non-hydrogen) atoms. The zero-order chi connectivity index (χ0) is 18.4. The molecule has 0 bridgehead atoms. The molecular formula is C20H31N3O2. The van der Waals surface area contributed by atoms with E-state index in [1.807, 2.05) is 45.0 Å². The molecule has 0 unspecified atom stereocenters. The van der Waals surface area contributed by atoms with Crippen LogP contribution in [0.15, 0.2) is 24.3 Å². The monoisotopic (exact) mass is 345 g/mol. The van der Waals surface area contributed by atoms with E-state index in [4.69, 9.17) is 0 Å². The lowest BCUT2D eigenvalue weighted by molar-refractivity contribution is -0.123. The predicted octanol–water partition coefficient (Wildman–Crippen LogP) is 3.78. The normalized spacial score (nSPS) is 20.6. The first-order valence-electron chi connectivity index (χ1n) is 9.20. The van der Waals surface area contributed by atoms with Crippen LogP contribution >= 0.6 is 0 Å². The van der Waals surface area contributed by atoms with Gasteiger partial charge in [0.2, 0.25) is 11.8 Å². The standard InChI is InChI=1S/C20H31N3O2/c1-14-8-5-6-11-17(14)23-18(24)13-21-15-9-7-10-16(12-15)22-19(25)20(2,3)4/h7,9-10,12,14,17,21H,5-6,8,11,13H2,1-4H3,(H,22,25)(H,23,24)/t14-,17-/m0/s1. The fourth-order valence-electron chi connectivity index (χ4n) is 3.00. The number of carbonyl (C=O) groups excluding carboxylic acids is 2. The molecule has 2 atom stereocenters. The summed E-state index contributed by atoms with van der Waals surface area (Å²) in [5, 5.41) is 9.17. The molecule has 1 fully saturated rings. The minimum Gasteiger partial charge on any atom is -0.376 e. The van der Waals surface area contributed by atoms with Gasteiger partial charge in [-0.25, -0.2) is 0 Å². The molecule has 0 spiro atoms. The highest BCUT2D eigenvalue weighted by atomic mass is 16.2. The van der Waals surface area contributed by atoms with E-state index >= 15 is 0 Å². The van der Waals surface area contributed by atoms with Crippen LogP contribution in [0.2, 0.25) is 0 Å². The van der Waals surface area contributed by atoms with Crippen LogP contribution in [-0.4, -0.2) is 24.4 Å². The number of hydrogen-bond donors (Lipinski definition) is 3. The SMILES string of the molecule is C[C@H]1CCCC[C@@H]1NC(=O)CNc1cccc(NC(=O)C(C)(C)C)c1. The highest BCUT2D eigenvalue weighted by Crippen LogP contribution is 2.23. The first-order chi connectivity index (χ1) is 11.8. The summed E-state index contributed by atoms with van der Waals surface area (Å²) in [4.78, 5) is 24.2. The van der Waals surface area contributed by atoms with Crippen molar-refractivity contribution < 1.29 is 9.59 Å². The summed E-state index contributed by atoms with van der Waals surface area (Å²) < 4.78 is 0. The van der Waals surface area contributed by atoms with Crippen LogP contribution in [0.3, 0.4) is 0 Å². The van der Waals surface area contributed by atoms with Gasteiger partial charge in [0.1, 0.15) is 0 Å². The van der Waals surface area contributed by atoms with E-state index < -0.39 is 5.41 Å². The van der Waals surface area contributed by atoms with Gasteiger partial charge in [-0.3, -0.25) is 9.59 Å². The van der Waals surface area contributed by atoms with Crippen LogP contribution in [0.25, 0.3) is 0 Å². The zero-order valence-electron chi connectivity index (χ0n) is 15.8. The fourth-order valence-corrected chi connectivity index (χ4v) is 3.00. The van der Waals surface area contributed by atoms with Crippen molar-refractivity contribution >= 4 is 23.2 Å². The maximum absolute atomic E-state index is 12.2. The topological polar surface area (TPSA) is 70.2 Å². The summed E-state index contributed by atoms with van der Waals surface area (Å²) in [5.41, 5.74) is 1.10. The van der Waals surface area contributed by atoms with E-state index in [1.54, 1.807) is 0 Å². The molecule has 1 aliphatic rings. The first-order valence-corrected chi connectivity index (χ1v) is 9.20. The molecule has 5 nitrogen and oxygen atoms in total. The Morgan fingerprint density at radius 2 is 1.80 bits per heavy atom. The summed E-state index contributed by atoms with van der Waals surface area (Å²) in [5.74, 6) is 0.533. The summed E-state index contributed by atoms with van der Waals surface area (Å²) in [6.45, 7) is 8.07. The molecule has 5 heteroatoms. The molecule has 0 saturated heterocycles. The number of hydrogen-bond acceptors (Lipinski definition) is 3. The van der Waals surface area contributed by atoms with Crippen LogP contribution in [0.5, 0.6) is 0 Å². The Hall–Kier alpha value is -2.04. The molecule has 138 valence electrons. The number of amides is 2. The number of nitrogens with one attached hydrogen (secondary N) is 3. The largest absolute Gasteiger partial charge is 0.376 e. The molecule has 1 aromatic carbocycles. The van der Waals surface area contributed by atoms with Crippen LogP contribution in [0.1, 0.15) is 53.4 Å². The number of rotatable bonds is 5. The Bertz CT molecular complexity index is 607. The van der Waals surface area contributed by atoms with Crippen molar-refractivity contribution in [2.45, 2.75) is 59.4 Å². The quantitative estimate of drug-likeness (QED) is 0.760. The molecule has 0 radical (unpaired) electrons. The Kier molecular flexibility index (Phi) is 6.45. The summed E-state index contributed by atoms with van der Waals surface area (Å²) in [6.07, 6.45) is 4.71. The van der Waals surface area contributed by atoms with Crippen molar-refractivity contribution in [3.05, 3.63) is 24.3 Å². The third-order valence-corrected chi connectivity index (χ3v) is 4.71. The average Bonchev–Trinajstić information content (AvgIpc) is 2.55. The Balaban J connectivity index is 1.85. The molecule has 2 amide bonds. The van der Waals surface area contributed by atoms with Crippen LogP contribution in [-0.2, 0) is 9.59 Å². The second-order valence-corrected chi connectivity index (χ2v) is 8.07. The second-order valence-electron chi connectivity index (χ2n) is 8.07. The lowest BCUT2D eigenvalue weighted by Crippen LogP contribution is -2.43. The van der Waals surface area contributed by atoms with Crippen LogP contribution < -0.4 is 16.0 Å². The van der Waals surface area contributed by atoms with E-state index in [-0.39, 0.29) is 18.4 Å². The van der Waals surface area contributed by atoms with E-state index in [1.165, 1.54) is 19.3 Å². The maximum atomic E-state index is 12.2. The predicted molar refractivity (Wildman–Crippen MR) is 103 cm³/mol. The minimum absolute atomic E-state index is 0.0166. The Morgan fingerprint density at radius 1 is 1.12 bits per heavy atom. The second kappa shape index (κ2) is 8.37. The number of anilines is 2. The van der Waals surface area contributed by atoms with Crippen molar-refractivity contribution in [2.24, 2.45) is 11.3 Å². The third-order valence-electron chi connectivity index (χ3n) is 4.71. The van der Waals surface area contributed by atoms with E-state index in [0.29, 0.717) is 12.0 Å². The van der Waals surface area contributed by atoms with Gasteiger partial charge < -0.3 is 16.0 Å². The van der Waals surface area contributed by atoms with E-state index in [9.17, 15) is 9.59 Å². The van der Waals surface area contributed by atoms with Crippen molar-refractivity contribution in [3.8, 4) is 0 Å². The molecule has 2 rings (SSSR count).